The van der Waals surface area contributed by atoms with E-state index >= 15 is 0 Å². The molecule has 2 aromatic carbocycles. The van der Waals surface area contributed by atoms with Gasteiger partial charge in [-0.3, -0.25) is 9.59 Å². The summed E-state index contributed by atoms with van der Waals surface area (Å²) >= 11 is 6.42. The van der Waals surface area contributed by atoms with Gasteiger partial charge in [-0.05, 0) is 61.7 Å². The Labute approximate surface area is 212 Å². The Bertz CT molecular complexity index is 1100. The number of alkyl halides is 3. The fourth-order valence-corrected chi connectivity index (χ4v) is 4.80. The number of hydrogen-bond donors (Lipinski definition) is 1. The molecular formula is C25H27ClF3N3O4. The lowest BCUT2D eigenvalue weighted by molar-refractivity contribution is -0.274. The second kappa shape index (κ2) is 10.9. The molecular weight excluding hydrogens is 499 g/mol. The first-order valence-electron chi connectivity index (χ1n) is 11.7. The van der Waals surface area contributed by atoms with E-state index in [1.807, 2.05) is 4.90 Å². The second-order valence-electron chi connectivity index (χ2n) is 8.87. The van der Waals surface area contributed by atoms with E-state index in [0.717, 1.165) is 18.5 Å². The third kappa shape index (κ3) is 6.54. The van der Waals surface area contributed by atoms with Crippen molar-refractivity contribution in [3.05, 3.63) is 47.5 Å². The molecule has 0 radical (unpaired) electrons. The number of carbonyl (C=O) groups excluding carboxylic acids is 2. The molecule has 0 aliphatic carbocycles. The predicted molar refractivity (Wildman–Crippen MR) is 129 cm³/mol. The Hall–Kier alpha value is -3.14. The fraction of sp³-hybridized carbons (Fsp3) is 0.440. The molecule has 2 atom stereocenters. The minimum absolute atomic E-state index is 0.118. The fourth-order valence-electron chi connectivity index (χ4n) is 4.58. The number of hydrogen-bond acceptors (Lipinski definition) is 5. The number of benzene rings is 2. The highest BCUT2D eigenvalue weighted by Crippen LogP contribution is 2.32. The van der Waals surface area contributed by atoms with Crippen LogP contribution >= 0.6 is 11.6 Å². The van der Waals surface area contributed by atoms with Gasteiger partial charge in [0, 0.05) is 37.8 Å². The van der Waals surface area contributed by atoms with Gasteiger partial charge in [0.05, 0.1) is 11.6 Å². The van der Waals surface area contributed by atoms with Crippen molar-refractivity contribution in [3.63, 3.8) is 0 Å². The van der Waals surface area contributed by atoms with E-state index in [1.54, 1.807) is 35.2 Å². The van der Waals surface area contributed by atoms with Crippen LogP contribution in [0.15, 0.2) is 42.5 Å². The van der Waals surface area contributed by atoms with Gasteiger partial charge in [0.2, 0.25) is 11.8 Å². The summed E-state index contributed by atoms with van der Waals surface area (Å²) in [6.07, 6.45) is -1.79. The van der Waals surface area contributed by atoms with Crippen molar-refractivity contribution >= 4 is 34.8 Å². The van der Waals surface area contributed by atoms with E-state index in [2.05, 4.69) is 10.1 Å². The largest absolute Gasteiger partial charge is 0.573 e. The Morgan fingerprint density at radius 2 is 1.81 bits per heavy atom. The zero-order chi connectivity index (χ0) is 25.9. The first-order chi connectivity index (χ1) is 17.1. The number of amides is 2. The number of ether oxygens (including phenoxy) is 2. The van der Waals surface area contributed by atoms with Crippen molar-refractivity contribution in [1.29, 1.82) is 0 Å². The second-order valence-corrected chi connectivity index (χ2v) is 9.28. The molecule has 0 bridgehead atoms. The molecule has 2 aliphatic heterocycles. The van der Waals surface area contributed by atoms with Gasteiger partial charge in [0.1, 0.15) is 23.6 Å². The molecule has 2 saturated heterocycles. The minimum Gasteiger partial charge on any atom is -0.487 e. The summed E-state index contributed by atoms with van der Waals surface area (Å²) in [4.78, 5) is 28.2. The normalized spacial score (nSPS) is 20.2. The van der Waals surface area contributed by atoms with Gasteiger partial charge < -0.3 is 24.6 Å². The van der Waals surface area contributed by atoms with Crippen molar-refractivity contribution in [1.82, 2.24) is 4.90 Å². The standard InChI is InChI=1S/C25H27ClF3N3O4/c1-16(33)32-12-3-2-4-22(32)24(34)30-17-5-10-23(21(26)14-17)35-20-11-13-31(15-20)18-6-8-19(9-7-18)36-25(27,28)29/h5-10,14,20,22H,2-4,11-13,15H2,1H3,(H,30,34)/t20-,22+/m0/s1. The molecule has 36 heavy (non-hydrogen) atoms. The first kappa shape index (κ1) is 25.9. The number of halogens is 4. The molecule has 0 spiro atoms. The molecule has 0 unspecified atom stereocenters. The molecule has 194 valence electrons. The summed E-state index contributed by atoms with van der Waals surface area (Å²) in [6, 6.07) is 10.2. The minimum atomic E-state index is -4.73. The maximum atomic E-state index is 12.8. The zero-order valence-electron chi connectivity index (χ0n) is 19.7. The van der Waals surface area contributed by atoms with Gasteiger partial charge in [-0.2, -0.15) is 0 Å². The topological polar surface area (TPSA) is 71.1 Å². The quantitative estimate of drug-likeness (QED) is 0.559. The zero-order valence-corrected chi connectivity index (χ0v) is 20.4. The lowest BCUT2D eigenvalue weighted by Gasteiger charge is -2.33. The highest BCUT2D eigenvalue weighted by molar-refractivity contribution is 6.32. The van der Waals surface area contributed by atoms with E-state index in [-0.39, 0.29) is 23.7 Å². The van der Waals surface area contributed by atoms with Crippen LogP contribution in [0.5, 0.6) is 11.5 Å². The van der Waals surface area contributed by atoms with Gasteiger partial charge in [-0.1, -0.05) is 11.6 Å². The lowest BCUT2D eigenvalue weighted by Crippen LogP contribution is -2.49. The third-order valence-corrected chi connectivity index (χ3v) is 6.58. The number of rotatable bonds is 6. The maximum absolute atomic E-state index is 12.8. The van der Waals surface area contributed by atoms with E-state index < -0.39 is 12.4 Å². The van der Waals surface area contributed by atoms with Gasteiger partial charge in [-0.15, -0.1) is 13.2 Å². The van der Waals surface area contributed by atoms with Crippen LogP contribution in [0, 0.1) is 0 Å². The van der Waals surface area contributed by atoms with E-state index in [1.165, 1.54) is 19.1 Å². The molecule has 11 heteroatoms. The number of carbonyl (C=O) groups is 2. The molecule has 7 nitrogen and oxygen atoms in total. The van der Waals surface area contributed by atoms with Gasteiger partial charge in [0.15, 0.2) is 0 Å². The van der Waals surface area contributed by atoms with Crippen molar-refractivity contribution in [3.8, 4) is 11.5 Å². The number of nitrogens with zero attached hydrogens (tertiary/aromatic N) is 2. The average molecular weight is 526 g/mol. The Balaban J connectivity index is 1.32. The SMILES string of the molecule is CC(=O)N1CCCC[C@@H]1C(=O)Nc1ccc(O[C@H]2CCN(c3ccc(OC(F)(F)F)cc3)C2)c(Cl)c1. The summed E-state index contributed by atoms with van der Waals surface area (Å²) < 4.78 is 47.0. The average Bonchev–Trinajstić information content (AvgIpc) is 3.29. The van der Waals surface area contributed by atoms with E-state index in [0.29, 0.717) is 48.9 Å². The van der Waals surface area contributed by atoms with Crippen LogP contribution in [0.1, 0.15) is 32.6 Å². The first-order valence-corrected chi connectivity index (χ1v) is 12.1. The van der Waals surface area contributed by atoms with Crippen LogP contribution in [0.25, 0.3) is 0 Å². The van der Waals surface area contributed by atoms with Crippen LogP contribution in [-0.2, 0) is 9.59 Å². The molecule has 4 rings (SSSR count). The molecule has 0 saturated carbocycles. The molecule has 0 aromatic heterocycles. The Kier molecular flexibility index (Phi) is 7.82. The highest BCUT2D eigenvalue weighted by atomic mass is 35.5. The summed E-state index contributed by atoms with van der Waals surface area (Å²) in [5.74, 6) is -0.159. The van der Waals surface area contributed by atoms with Crippen molar-refractivity contribution in [2.24, 2.45) is 0 Å². The Morgan fingerprint density at radius 1 is 1.06 bits per heavy atom. The van der Waals surface area contributed by atoms with Crippen LogP contribution in [0.2, 0.25) is 5.02 Å². The van der Waals surface area contributed by atoms with Crippen LogP contribution in [0.4, 0.5) is 24.5 Å². The van der Waals surface area contributed by atoms with Gasteiger partial charge in [0.25, 0.3) is 0 Å². The molecule has 2 fully saturated rings. The highest BCUT2D eigenvalue weighted by Gasteiger charge is 2.32. The lowest BCUT2D eigenvalue weighted by atomic mass is 10.0. The number of nitrogens with one attached hydrogen (secondary N) is 1. The molecule has 2 heterocycles. The van der Waals surface area contributed by atoms with Crippen LogP contribution in [0.3, 0.4) is 0 Å². The summed E-state index contributed by atoms with van der Waals surface area (Å²) in [7, 11) is 0. The van der Waals surface area contributed by atoms with Crippen LogP contribution < -0.4 is 19.7 Å². The van der Waals surface area contributed by atoms with E-state index in [4.69, 9.17) is 16.3 Å². The molecule has 2 amide bonds. The molecule has 2 aliphatic rings. The van der Waals surface area contributed by atoms with Crippen molar-refractivity contribution in [2.45, 2.75) is 51.1 Å². The van der Waals surface area contributed by atoms with Gasteiger partial charge >= 0.3 is 6.36 Å². The monoisotopic (exact) mass is 525 g/mol. The third-order valence-electron chi connectivity index (χ3n) is 6.28. The smallest absolute Gasteiger partial charge is 0.487 e. The predicted octanol–water partition coefficient (Wildman–Crippen LogP) is 5.24. The number of anilines is 2. The maximum Gasteiger partial charge on any atom is 0.573 e. The van der Waals surface area contributed by atoms with Crippen molar-refractivity contribution < 1.29 is 32.2 Å². The van der Waals surface area contributed by atoms with E-state index in [9.17, 15) is 22.8 Å². The summed E-state index contributed by atoms with van der Waals surface area (Å²) in [5, 5.41) is 3.18. The van der Waals surface area contributed by atoms with Gasteiger partial charge in [-0.25, -0.2) is 0 Å². The summed E-state index contributed by atoms with van der Waals surface area (Å²) in [5.41, 5.74) is 1.28. The summed E-state index contributed by atoms with van der Waals surface area (Å²) in [6.45, 7) is 3.25. The number of likely N-dealkylation sites (tertiary alicyclic amines) is 1. The molecule has 2 aromatic rings. The van der Waals surface area contributed by atoms with Crippen molar-refractivity contribution in [2.75, 3.05) is 29.9 Å². The van der Waals surface area contributed by atoms with Crippen LogP contribution in [-0.4, -0.2) is 54.9 Å². The molecule has 1 N–H and O–H groups in total. The Morgan fingerprint density at radius 3 is 2.47 bits per heavy atom. The number of piperidine rings is 1.